The predicted octanol–water partition coefficient (Wildman–Crippen LogP) is 4.25. The molecule has 0 spiro atoms. The molecule has 0 saturated heterocycles. The Kier molecular flexibility index (Phi) is 3.97. The maximum absolute atomic E-state index is 13.1. The Morgan fingerprint density at radius 2 is 2.12 bits per heavy atom. The van der Waals surface area contributed by atoms with Crippen molar-refractivity contribution in [2.24, 2.45) is 0 Å². The summed E-state index contributed by atoms with van der Waals surface area (Å²) in [7, 11) is 0. The minimum atomic E-state index is -0.252. The summed E-state index contributed by atoms with van der Waals surface area (Å²) in [5.74, 6) is -0.252. The number of aromatic nitrogens is 1. The van der Waals surface area contributed by atoms with Crippen molar-refractivity contribution in [3.05, 3.63) is 57.5 Å². The largest absolute Gasteiger partial charge is 0.381 e. The molecule has 0 aliphatic carbocycles. The van der Waals surface area contributed by atoms with Gasteiger partial charge in [-0.15, -0.1) is 0 Å². The Hall–Kier alpha value is -1.13. The fraction of sp³-hybridized carbons (Fsp3) is 0.0833. The molecule has 0 atom stereocenters. The van der Waals surface area contributed by atoms with Crippen molar-refractivity contribution in [1.82, 2.24) is 4.98 Å². The molecule has 0 fully saturated rings. The molecule has 0 saturated carbocycles. The molecule has 2 rings (SSSR count). The fourth-order valence-electron chi connectivity index (χ4n) is 1.39. The van der Waals surface area contributed by atoms with E-state index in [2.05, 4.69) is 26.2 Å². The number of hydrogen-bond acceptors (Lipinski definition) is 2. The van der Waals surface area contributed by atoms with Gasteiger partial charge in [0.25, 0.3) is 0 Å². The van der Waals surface area contributed by atoms with Crippen LogP contribution in [0.4, 0.5) is 10.1 Å². The monoisotopic (exact) mass is 314 g/mol. The van der Waals surface area contributed by atoms with Gasteiger partial charge in [0.1, 0.15) is 11.0 Å². The smallest absolute Gasteiger partial charge is 0.131 e. The van der Waals surface area contributed by atoms with Crippen LogP contribution in [0.3, 0.4) is 0 Å². The number of halogens is 3. The lowest BCUT2D eigenvalue weighted by Crippen LogP contribution is -2.00. The van der Waals surface area contributed by atoms with E-state index in [4.69, 9.17) is 11.6 Å². The summed E-state index contributed by atoms with van der Waals surface area (Å²) < 4.78 is 13.9. The van der Waals surface area contributed by atoms with Gasteiger partial charge in [0.2, 0.25) is 0 Å². The van der Waals surface area contributed by atoms with Crippen molar-refractivity contribution in [2.75, 3.05) is 5.32 Å². The Morgan fingerprint density at radius 1 is 1.29 bits per heavy atom. The zero-order valence-corrected chi connectivity index (χ0v) is 11.1. The third-order valence-electron chi connectivity index (χ3n) is 2.22. The van der Waals surface area contributed by atoms with Gasteiger partial charge >= 0.3 is 0 Å². The average molecular weight is 316 g/mol. The van der Waals surface area contributed by atoms with E-state index in [1.54, 1.807) is 24.4 Å². The summed E-state index contributed by atoms with van der Waals surface area (Å²) in [5.41, 5.74) is 1.69. The van der Waals surface area contributed by atoms with E-state index in [-0.39, 0.29) is 5.82 Å². The topological polar surface area (TPSA) is 24.9 Å². The van der Waals surface area contributed by atoms with E-state index in [1.807, 2.05) is 0 Å². The molecule has 0 aliphatic heterocycles. The van der Waals surface area contributed by atoms with Crippen LogP contribution in [0.25, 0.3) is 0 Å². The van der Waals surface area contributed by atoms with Gasteiger partial charge in [-0.05, 0) is 35.9 Å². The number of hydrogen-bond donors (Lipinski definition) is 1. The number of benzene rings is 1. The fourth-order valence-corrected chi connectivity index (χ4v) is 1.95. The lowest BCUT2D eigenvalue weighted by Gasteiger charge is -2.08. The maximum atomic E-state index is 13.1. The molecule has 1 N–H and O–H groups in total. The van der Waals surface area contributed by atoms with Crippen molar-refractivity contribution in [3.8, 4) is 0 Å². The summed E-state index contributed by atoms with van der Waals surface area (Å²) in [6, 6.07) is 8.11. The first-order valence-corrected chi connectivity index (χ1v) is 6.11. The van der Waals surface area contributed by atoms with Crippen LogP contribution < -0.4 is 5.32 Å². The molecular weight excluding hydrogens is 307 g/mol. The van der Waals surface area contributed by atoms with E-state index in [0.29, 0.717) is 11.7 Å². The lowest BCUT2D eigenvalue weighted by molar-refractivity contribution is 0.625. The number of nitrogens with one attached hydrogen (secondary N) is 1. The van der Waals surface area contributed by atoms with Crippen LogP contribution in [0.15, 0.2) is 41.0 Å². The second-order valence-electron chi connectivity index (χ2n) is 3.46. The minimum Gasteiger partial charge on any atom is -0.381 e. The number of anilines is 1. The van der Waals surface area contributed by atoms with Crippen molar-refractivity contribution in [2.45, 2.75) is 6.54 Å². The van der Waals surface area contributed by atoms with Crippen LogP contribution in [0, 0.1) is 5.82 Å². The van der Waals surface area contributed by atoms with Gasteiger partial charge in [0, 0.05) is 22.9 Å². The van der Waals surface area contributed by atoms with Gasteiger partial charge in [-0.25, -0.2) is 9.37 Å². The Balaban J connectivity index is 2.09. The quantitative estimate of drug-likeness (QED) is 0.857. The van der Waals surface area contributed by atoms with Crippen molar-refractivity contribution < 1.29 is 4.39 Å². The SMILES string of the molecule is Fc1ccc(Br)c(CNc2ccnc(Cl)c2)c1. The Bertz CT molecular complexity index is 534. The second-order valence-corrected chi connectivity index (χ2v) is 4.70. The zero-order valence-electron chi connectivity index (χ0n) is 8.75. The maximum Gasteiger partial charge on any atom is 0.131 e. The highest BCUT2D eigenvalue weighted by Crippen LogP contribution is 2.20. The predicted molar refractivity (Wildman–Crippen MR) is 70.7 cm³/mol. The number of pyridine rings is 1. The molecule has 5 heteroatoms. The van der Waals surface area contributed by atoms with Crippen LogP contribution >= 0.6 is 27.5 Å². The van der Waals surface area contributed by atoms with Gasteiger partial charge in [0.05, 0.1) is 0 Å². The molecule has 0 bridgehead atoms. The molecule has 17 heavy (non-hydrogen) atoms. The van der Waals surface area contributed by atoms with E-state index in [1.165, 1.54) is 12.1 Å². The second kappa shape index (κ2) is 5.47. The molecule has 0 amide bonds. The molecule has 0 radical (unpaired) electrons. The number of nitrogens with zero attached hydrogens (tertiary/aromatic N) is 1. The van der Waals surface area contributed by atoms with Crippen molar-refractivity contribution >= 4 is 33.2 Å². The lowest BCUT2D eigenvalue weighted by atomic mass is 10.2. The summed E-state index contributed by atoms with van der Waals surface area (Å²) in [4.78, 5) is 3.88. The van der Waals surface area contributed by atoms with Crippen LogP contribution in [0.1, 0.15) is 5.56 Å². The highest BCUT2D eigenvalue weighted by molar-refractivity contribution is 9.10. The zero-order chi connectivity index (χ0) is 12.3. The summed E-state index contributed by atoms with van der Waals surface area (Å²) in [6.07, 6.45) is 1.62. The highest BCUT2D eigenvalue weighted by atomic mass is 79.9. The van der Waals surface area contributed by atoms with E-state index < -0.39 is 0 Å². The molecule has 88 valence electrons. The third-order valence-corrected chi connectivity index (χ3v) is 3.20. The minimum absolute atomic E-state index is 0.252. The molecule has 2 nitrogen and oxygen atoms in total. The van der Waals surface area contributed by atoms with Crippen molar-refractivity contribution in [3.63, 3.8) is 0 Å². The molecule has 1 aromatic carbocycles. The standard InChI is InChI=1S/C12H9BrClFN2/c13-11-2-1-9(15)5-8(11)7-17-10-3-4-16-12(14)6-10/h1-6H,7H2,(H,16,17). The van der Waals surface area contributed by atoms with Crippen LogP contribution in [-0.2, 0) is 6.54 Å². The first-order valence-electron chi connectivity index (χ1n) is 4.94. The molecule has 1 heterocycles. The summed E-state index contributed by atoms with van der Waals surface area (Å²) in [6.45, 7) is 0.513. The van der Waals surface area contributed by atoms with Crippen LogP contribution in [0.2, 0.25) is 5.15 Å². The van der Waals surface area contributed by atoms with Crippen LogP contribution in [0.5, 0.6) is 0 Å². The molecule has 1 aromatic heterocycles. The van der Waals surface area contributed by atoms with Gasteiger partial charge in [-0.1, -0.05) is 27.5 Å². The average Bonchev–Trinajstić information content (AvgIpc) is 2.30. The molecular formula is C12H9BrClFN2. The van der Waals surface area contributed by atoms with Gasteiger partial charge in [-0.3, -0.25) is 0 Å². The Labute approximate surface area is 112 Å². The molecule has 2 aromatic rings. The van der Waals surface area contributed by atoms with E-state index in [9.17, 15) is 4.39 Å². The summed E-state index contributed by atoms with van der Waals surface area (Å²) >= 11 is 9.14. The van der Waals surface area contributed by atoms with Crippen LogP contribution in [-0.4, -0.2) is 4.98 Å². The van der Waals surface area contributed by atoms with Crippen molar-refractivity contribution in [1.29, 1.82) is 0 Å². The summed E-state index contributed by atoms with van der Waals surface area (Å²) in [5, 5.41) is 3.57. The van der Waals surface area contributed by atoms with E-state index >= 15 is 0 Å². The number of rotatable bonds is 3. The van der Waals surface area contributed by atoms with Gasteiger partial charge < -0.3 is 5.32 Å². The normalized spacial score (nSPS) is 10.3. The Morgan fingerprint density at radius 3 is 2.88 bits per heavy atom. The molecule has 0 unspecified atom stereocenters. The third kappa shape index (κ3) is 3.41. The van der Waals surface area contributed by atoms with E-state index in [0.717, 1.165) is 15.7 Å². The molecule has 0 aliphatic rings. The van der Waals surface area contributed by atoms with Gasteiger partial charge in [-0.2, -0.15) is 0 Å². The van der Waals surface area contributed by atoms with Gasteiger partial charge in [0.15, 0.2) is 0 Å². The highest BCUT2D eigenvalue weighted by Gasteiger charge is 2.02. The first-order chi connectivity index (χ1) is 8.15. The first kappa shape index (κ1) is 12.3.